The summed E-state index contributed by atoms with van der Waals surface area (Å²) in [6, 6.07) is 12.3. The van der Waals surface area contributed by atoms with E-state index >= 15 is 0 Å². The normalized spacial score (nSPS) is 22.7. The number of nitrogens with one attached hydrogen (secondary N) is 2. The van der Waals surface area contributed by atoms with E-state index in [0.717, 1.165) is 17.7 Å². The number of pyridine rings is 1. The van der Waals surface area contributed by atoms with Gasteiger partial charge in [0.25, 0.3) is 5.92 Å². The van der Waals surface area contributed by atoms with Crippen molar-refractivity contribution >= 4 is 11.7 Å². The molecule has 0 radical (unpaired) electrons. The Morgan fingerprint density at radius 1 is 1.29 bits per heavy atom. The number of aromatic nitrogens is 3. The van der Waals surface area contributed by atoms with Gasteiger partial charge in [-0.15, -0.1) is 0 Å². The van der Waals surface area contributed by atoms with Gasteiger partial charge in [-0.1, -0.05) is 6.07 Å². The molecule has 3 heterocycles. The first-order chi connectivity index (χ1) is 16.8. The number of benzene rings is 1. The third-order valence-corrected chi connectivity index (χ3v) is 6.37. The molecule has 35 heavy (non-hydrogen) atoms. The van der Waals surface area contributed by atoms with Crippen LogP contribution in [-0.2, 0) is 11.8 Å². The van der Waals surface area contributed by atoms with Crippen LogP contribution in [0.3, 0.4) is 0 Å². The fourth-order valence-corrected chi connectivity index (χ4v) is 4.35. The van der Waals surface area contributed by atoms with E-state index in [1.165, 1.54) is 6.07 Å². The Morgan fingerprint density at radius 3 is 2.86 bits per heavy atom. The largest absolute Gasteiger partial charge is 0.483 e. The van der Waals surface area contributed by atoms with Crippen LogP contribution in [0, 0.1) is 17.2 Å². The molecule has 1 aliphatic carbocycles. The molecule has 0 spiro atoms. The molecule has 8 nitrogen and oxygen atoms in total. The van der Waals surface area contributed by atoms with Gasteiger partial charge in [-0.2, -0.15) is 10.4 Å². The number of ether oxygens (including phenoxy) is 1. The highest BCUT2D eigenvalue weighted by Crippen LogP contribution is 2.47. The zero-order valence-electron chi connectivity index (χ0n) is 19.0. The van der Waals surface area contributed by atoms with Crippen molar-refractivity contribution in [3.63, 3.8) is 0 Å². The first-order valence-electron chi connectivity index (χ1n) is 11.4. The second-order valence-corrected chi connectivity index (χ2v) is 8.94. The van der Waals surface area contributed by atoms with Crippen LogP contribution in [0.25, 0.3) is 11.1 Å². The molecule has 2 aromatic heterocycles. The monoisotopic (exact) mass is 478 g/mol. The maximum absolute atomic E-state index is 14.1. The van der Waals surface area contributed by atoms with Crippen LogP contribution in [0.5, 0.6) is 5.75 Å². The van der Waals surface area contributed by atoms with Crippen molar-refractivity contribution < 1.29 is 18.3 Å². The van der Waals surface area contributed by atoms with E-state index in [-0.39, 0.29) is 35.5 Å². The number of carbonyl (C=O) groups is 1. The minimum absolute atomic E-state index is 0.109. The van der Waals surface area contributed by atoms with Crippen LogP contribution in [0.15, 0.2) is 48.8 Å². The maximum Gasteiger partial charge on any atom is 0.296 e. The van der Waals surface area contributed by atoms with Crippen LogP contribution < -0.4 is 15.4 Å². The number of anilines is 1. The molecule has 3 atom stereocenters. The molecule has 0 bridgehead atoms. The molecule has 1 aliphatic heterocycles. The number of nitrogens with zero attached hydrogens (tertiary/aromatic N) is 4. The van der Waals surface area contributed by atoms with Gasteiger partial charge in [0.1, 0.15) is 17.6 Å². The summed E-state index contributed by atoms with van der Waals surface area (Å²) in [7, 11) is 1.84. The predicted octanol–water partition coefficient (Wildman–Crippen LogP) is 3.47. The van der Waals surface area contributed by atoms with Crippen molar-refractivity contribution in [1.82, 2.24) is 20.1 Å². The van der Waals surface area contributed by atoms with Gasteiger partial charge in [0, 0.05) is 37.7 Å². The Labute approximate surface area is 200 Å². The van der Waals surface area contributed by atoms with Crippen molar-refractivity contribution in [2.24, 2.45) is 13.0 Å². The van der Waals surface area contributed by atoms with Gasteiger partial charge in [0.05, 0.1) is 17.8 Å². The summed E-state index contributed by atoms with van der Waals surface area (Å²) < 4.78 is 35.6. The summed E-state index contributed by atoms with van der Waals surface area (Å²) in [4.78, 5) is 16.9. The van der Waals surface area contributed by atoms with E-state index in [0.29, 0.717) is 17.9 Å². The average molecular weight is 479 g/mol. The number of amides is 1. The molecule has 1 aromatic carbocycles. The molecule has 180 valence electrons. The third kappa shape index (κ3) is 4.86. The van der Waals surface area contributed by atoms with E-state index in [4.69, 9.17) is 4.74 Å². The number of rotatable bonds is 6. The van der Waals surface area contributed by atoms with Crippen LogP contribution in [0.1, 0.15) is 30.0 Å². The summed E-state index contributed by atoms with van der Waals surface area (Å²) >= 11 is 0. The molecule has 1 amide bonds. The van der Waals surface area contributed by atoms with E-state index in [1.54, 1.807) is 35.1 Å². The number of aryl methyl sites for hydroxylation is 1. The molecule has 1 saturated carbocycles. The van der Waals surface area contributed by atoms with Crippen LogP contribution in [0.4, 0.5) is 14.6 Å². The lowest BCUT2D eigenvalue weighted by molar-refractivity contribution is -0.117. The highest BCUT2D eigenvalue weighted by atomic mass is 19.3. The lowest BCUT2D eigenvalue weighted by Gasteiger charge is -2.32. The molecule has 2 fully saturated rings. The van der Waals surface area contributed by atoms with Gasteiger partial charge in [-0.3, -0.25) is 9.48 Å². The van der Waals surface area contributed by atoms with E-state index < -0.39 is 18.6 Å². The van der Waals surface area contributed by atoms with Crippen LogP contribution in [-0.4, -0.2) is 45.8 Å². The smallest absolute Gasteiger partial charge is 0.296 e. The molecule has 3 aromatic rings. The number of piperidine rings is 1. The maximum atomic E-state index is 14.1. The fraction of sp³-hybridized carbons (Fsp3) is 0.360. The number of hydrogen-bond donors (Lipinski definition) is 2. The van der Waals surface area contributed by atoms with E-state index in [2.05, 4.69) is 20.7 Å². The summed E-state index contributed by atoms with van der Waals surface area (Å²) in [5, 5.41) is 19.5. The predicted molar refractivity (Wildman–Crippen MR) is 124 cm³/mol. The molecule has 0 unspecified atom stereocenters. The lowest BCUT2D eigenvalue weighted by atomic mass is 10.0. The quantitative estimate of drug-likeness (QED) is 0.562. The Hall–Kier alpha value is -3.84. The van der Waals surface area contributed by atoms with Crippen LogP contribution in [0.2, 0.25) is 0 Å². The summed E-state index contributed by atoms with van der Waals surface area (Å²) in [6.07, 6.45) is 3.03. The standard InChI is InChI=1S/C25H24F2N6O2/c1-33-9-6-20(32-33)18-12-19(18)24(34)31-23-11-16(4-8-30-23)15-2-3-21(17(10-15)13-28)35-22-5-7-29-14-25(22,26)27/h2-4,6,8-11,18-19,22,29H,5,7,12,14H2,1H3,(H,30,31,34)/t18-,19-,22-/m0/s1. The first kappa shape index (κ1) is 22.9. The molecule has 1 saturated heterocycles. The molecule has 2 aliphatic rings. The van der Waals surface area contributed by atoms with Gasteiger partial charge in [-0.05, 0) is 54.4 Å². The zero-order valence-corrected chi connectivity index (χ0v) is 19.0. The molecule has 5 rings (SSSR count). The second-order valence-electron chi connectivity index (χ2n) is 8.94. The van der Waals surface area contributed by atoms with Crippen molar-refractivity contribution in [2.45, 2.75) is 30.8 Å². The van der Waals surface area contributed by atoms with Crippen LogP contribution >= 0.6 is 0 Å². The van der Waals surface area contributed by atoms with Gasteiger partial charge < -0.3 is 15.4 Å². The summed E-state index contributed by atoms with van der Waals surface area (Å²) in [5.41, 5.74) is 2.47. The van der Waals surface area contributed by atoms with E-state index in [9.17, 15) is 18.8 Å². The minimum atomic E-state index is -3.01. The molecule has 2 N–H and O–H groups in total. The molecular weight excluding hydrogens is 454 g/mol. The van der Waals surface area contributed by atoms with Gasteiger partial charge >= 0.3 is 0 Å². The second kappa shape index (κ2) is 9.07. The lowest BCUT2D eigenvalue weighted by Crippen LogP contribution is -2.52. The summed E-state index contributed by atoms with van der Waals surface area (Å²) in [5.74, 6) is -2.65. The number of nitriles is 1. The number of carbonyl (C=O) groups excluding carboxylic acids is 1. The first-order valence-corrected chi connectivity index (χ1v) is 11.4. The number of halogens is 2. The number of hydrogen-bond acceptors (Lipinski definition) is 6. The SMILES string of the molecule is Cn1ccc([C@H]2C[C@@H]2C(=O)Nc2cc(-c3ccc(O[C@H]4CCNCC4(F)F)c(C#N)c3)ccn2)n1. The zero-order chi connectivity index (χ0) is 24.6. The third-order valence-electron chi connectivity index (χ3n) is 6.37. The Kier molecular flexibility index (Phi) is 5.94. The topological polar surface area (TPSA) is 105 Å². The fourth-order valence-electron chi connectivity index (χ4n) is 4.35. The minimum Gasteiger partial charge on any atom is -0.483 e. The Balaban J connectivity index is 1.29. The van der Waals surface area contributed by atoms with Gasteiger partial charge in [-0.25, -0.2) is 13.8 Å². The van der Waals surface area contributed by atoms with Crippen molar-refractivity contribution in [1.29, 1.82) is 5.26 Å². The average Bonchev–Trinajstić information content (AvgIpc) is 3.54. The van der Waals surface area contributed by atoms with Crippen molar-refractivity contribution in [2.75, 3.05) is 18.4 Å². The Morgan fingerprint density at radius 2 is 2.11 bits per heavy atom. The highest BCUT2D eigenvalue weighted by Gasteiger charge is 2.45. The van der Waals surface area contributed by atoms with E-state index in [1.807, 2.05) is 25.4 Å². The van der Waals surface area contributed by atoms with Gasteiger partial charge in [0.2, 0.25) is 5.91 Å². The summed E-state index contributed by atoms with van der Waals surface area (Å²) in [6.45, 7) is -0.0260. The Bertz CT molecular complexity index is 1300. The van der Waals surface area contributed by atoms with Crippen molar-refractivity contribution in [3.05, 3.63) is 60.0 Å². The molecular formula is C25H24F2N6O2. The number of alkyl halides is 2. The molecule has 10 heteroatoms. The highest BCUT2D eigenvalue weighted by molar-refractivity contribution is 5.94. The van der Waals surface area contributed by atoms with Gasteiger partial charge in [0.15, 0.2) is 6.10 Å². The van der Waals surface area contributed by atoms with Crippen molar-refractivity contribution in [3.8, 4) is 22.9 Å².